The standard InChI is InChI=1S/C11H13BrN6/c1-7-14-4-3-8(17-7)5-15-10-9(12)6-16-11(13-2)18-10/h3-4,6H,5H2,1-2H3,(H2,13,15,16,18). The van der Waals surface area contributed by atoms with E-state index >= 15 is 0 Å². The molecule has 0 aromatic carbocycles. The van der Waals surface area contributed by atoms with E-state index in [4.69, 9.17) is 0 Å². The van der Waals surface area contributed by atoms with E-state index in [1.807, 2.05) is 13.0 Å². The van der Waals surface area contributed by atoms with Crippen molar-refractivity contribution in [2.45, 2.75) is 13.5 Å². The van der Waals surface area contributed by atoms with E-state index in [9.17, 15) is 0 Å². The van der Waals surface area contributed by atoms with Crippen molar-refractivity contribution in [1.82, 2.24) is 19.9 Å². The van der Waals surface area contributed by atoms with Crippen molar-refractivity contribution in [3.63, 3.8) is 0 Å². The predicted octanol–water partition coefficient (Wildman–Crippen LogP) is 1.99. The van der Waals surface area contributed by atoms with Crippen molar-refractivity contribution in [3.8, 4) is 0 Å². The van der Waals surface area contributed by atoms with Gasteiger partial charge in [0, 0.05) is 19.4 Å². The van der Waals surface area contributed by atoms with Gasteiger partial charge in [-0.2, -0.15) is 4.98 Å². The average Bonchev–Trinajstić information content (AvgIpc) is 2.38. The van der Waals surface area contributed by atoms with E-state index in [2.05, 4.69) is 46.5 Å². The zero-order chi connectivity index (χ0) is 13.0. The van der Waals surface area contributed by atoms with Crippen LogP contribution in [0.4, 0.5) is 11.8 Å². The molecule has 2 heterocycles. The summed E-state index contributed by atoms with van der Waals surface area (Å²) in [5, 5.41) is 6.10. The lowest BCUT2D eigenvalue weighted by Gasteiger charge is -2.08. The number of nitrogens with one attached hydrogen (secondary N) is 2. The minimum atomic E-state index is 0.569. The summed E-state index contributed by atoms with van der Waals surface area (Å²) in [4.78, 5) is 16.8. The van der Waals surface area contributed by atoms with E-state index in [0.29, 0.717) is 12.5 Å². The van der Waals surface area contributed by atoms with Gasteiger partial charge in [-0.05, 0) is 28.9 Å². The van der Waals surface area contributed by atoms with Crippen LogP contribution in [-0.4, -0.2) is 27.0 Å². The minimum Gasteiger partial charge on any atom is -0.363 e. The van der Waals surface area contributed by atoms with E-state index in [1.54, 1.807) is 19.4 Å². The van der Waals surface area contributed by atoms with Gasteiger partial charge in [-0.15, -0.1) is 0 Å². The van der Waals surface area contributed by atoms with E-state index < -0.39 is 0 Å². The third-order valence-electron chi connectivity index (χ3n) is 2.24. The lowest BCUT2D eigenvalue weighted by molar-refractivity contribution is 0.946. The molecule has 0 bridgehead atoms. The maximum Gasteiger partial charge on any atom is 0.224 e. The van der Waals surface area contributed by atoms with Crippen molar-refractivity contribution in [1.29, 1.82) is 0 Å². The second-order valence-corrected chi connectivity index (χ2v) is 4.44. The largest absolute Gasteiger partial charge is 0.363 e. The van der Waals surface area contributed by atoms with Crippen LogP contribution in [0, 0.1) is 6.92 Å². The number of hydrogen-bond acceptors (Lipinski definition) is 6. The van der Waals surface area contributed by atoms with Gasteiger partial charge in [0.15, 0.2) is 0 Å². The Morgan fingerprint density at radius 1 is 1.28 bits per heavy atom. The number of nitrogens with zero attached hydrogens (tertiary/aromatic N) is 4. The number of hydrogen-bond donors (Lipinski definition) is 2. The molecule has 0 spiro atoms. The highest BCUT2D eigenvalue weighted by atomic mass is 79.9. The molecule has 0 aliphatic carbocycles. The molecule has 2 aromatic heterocycles. The quantitative estimate of drug-likeness (QED) is 0.899. The van der Waals surface area contributed by atoms with Gasteiger partial charge < -0.3 is 10.6 Å². The van der Waals surface area contributed by atoms with Crippen LogP contribution in [0.25, 0.3) is 0 Å². The molecule has 0 aliphatic heterocycles. The topological polar surface area (TPSA) is 75.6 Å². The lowest BCUT2D eigenvalue weighted by atomic mass is 10.4. The summed E-state index contributed by atoms with van der Waals surface area (Å²) in [6, 6.07) is 1.87. The molecular weight excluding hydrogens is 296 g/mol. The Kier molecular flexibility index (Phi) is 4.03. The van der Waals surface area contributed by atoms with Crippen LogP contribution in [0.1, 0.15) is 11.5 Å². The Labute approximate surface area is 113 Å². The lowest BCUT2D eigenvalue weighted by Crippen LogP contribution is -2.07. The second-order valence-electron chi connectivity index (χ2n) is 3.59. The van der Waals surface area contributed by atoms with Gasteiger partial charge in [0.05, 0.1) is 16.7 Å². The molecule has 94 valence electrons. The summed E-state index contributed by atoms with van der Waals surface area (Å²) in [5.74, 6) is 2.05. The van der Waals surface area contributed by atoms with Crippen molar-refractivity contribution in [2.24, 2.45) is 0 Å². The van der Waals surface area contributed by atoms with Crippen LogP contribution in [0.3, 0.4) is 0 Å². The summed E-state index contributed by atoms with van der Waals surface area (Å²) in [7, 11) is 1.78. The number of aryl methyl sites for hydroxylation is 1. The van der Waals surface area contributed by atoms with Gasteiger partial charge in [-0.25, -0.2) is 15.0 Å². The first kappa shape index (κ1) is 12.7. The zero-order valence-electron chi connectivity index (χ0n) is 10.1. The zero-order valence-corrected chi connectivity index (χ0v) is 11.7. The third kappa shape index (κ3) is 3.13. The third-order valence-corrected chi connectivity index (χ3v) is 2.82. The smallest absolute Gasteiger partial charge is 0.224 e. The number of aromatic nitrogens is 4. The van der Waals surface area contributed by atoms with Gasteiger partial charge in [-0.3, -0.25) is 0 Å². The summed E-state index contributed by atoms with van der Waals surface area (Å²) < 4.78 is 0.812. The molecule has 0 saturated heterocycles. The summed E-state index contributed by atoms with van der Waals surface area (Å²) in [6.45, 7) is 2.45. The molecule has 0 radical (unpaired) electrons. The fraction of sp³-hybridized carbons (Fsp3) is 0.273. The minimum absolute atomic E-state index is 0.569. The summed E-state index contributed by atoms with van der Waals surface area (Å²) in [5.41, 5.74) is 0.916. The van der Waals surface area contributed by atoms with Gasteiger partial charge in [-0.1, -0.05) is 0 Å². The van der Waals surface area contributed by atoms with Crippen LogP contribution < -0.4 is 10.6 Å². The Bertz CT molecular complexity index is 545. The highest BCUT2D eigenvalue weighted by Crippen LogP contribution is 2.20. The predicted molar refractivity (Wildman–Crippen MR) is 73.4 cm³/mol. The highest BCUT2D eigenvalue weighted by molar-refractivity contribution is 9.10. The van der Waals surface area contributed by atoms with Crippen LogP contribution in [0.15, 0.2) is 22.9 Å². The Hall–Kier alpha value is -1.76. The molecular formula is C11H13BrN6. The number of anilines is 2. The molecule has 2 aromatic rings. The van der Waals surface area contributed by atoms with Gasteiger partial charge in [0.25, 0.3) is 0 Å². The van der Waals surface area contributed by atoms with Crippen LogP contribution >= 0.6 is 15.9 Å². The molecule has 0 unspecified atom stereocenters. The molecule has 0 saturated carbocycles. The average molecular weight is 309 g/mol. The molecule has 18 heavy (non-hydrogen) atoms. The molecule has 2 rings (SSSR count). The van der Waals surface area contributed by atoms with Gasteiger partial charge in [0.2, 0.25) is 5.95 Å². The molecule has 0 atom stereocenters. The van der Waals surface area contributed by atoms with Crippen LogP contribution in [0.5, 0.6) is 0 Å². The Morgan fingerprint density at radius 3 is 2.83 bits per heavy atom. The van der Waals surface area contributed by atoms with Crippen LogP contribution in [0.2, 0.25) is 0 Å². The van der Waals surface area contributed by atoms with E-state index in [0.717, 1.165) is 21.8 Å². The maximum atomic E-state index is 4.31. The maximum absolute atomic E-state index is 4.31. The fourth-order valence-electron chi connectivity index (χ4n) is 1.39. The fourth-order valence-corrected chi connectivity index (χ4v) is 1.72. The summed E-state index contributed by atoms with van der Waals surface area (Å²) >= 11 is 3.40. The SMILES string of the molecule is CNc1ncc(Br)c(NCc2ccnc(C)n2)n1. The molecule has 7 heteroatoms. The van der Waals surface area contributed by atoms with Crippen molar-refractivity contribution in [3.05, 3.63) is 34.5 Å². The number of halogens is 1. The normalized spacial score (nSPS) is 10.2. The van der Waals surface area contributed by atoms with E-state index in [-0.39, 0.29) is 0 Å². The molecule has 0 aliphatic rings. The first-order chi connectivity index (χ1) is 8.69. The van der Waals surface area contributed by atoms with Crippen LogP contribution in [-0.2, 0) is 6.54 Å². The van der Waals surface area contributed by atoms with Gasteiger partial charge in [0.1, 0.15) is 11.6 Å². The monoisotopic (exact) mass is 308 g/mol. The molecule has 2 N–H and O–H groups in total. The van der Waals surface area contributed by atoms with Crippen molar-refractivity contribution < 1.29 is 0 Å². The van der Waals surface area contributed by atoms with Crippen molar-refractivity contribution >= 4 is 27.7 Å². The first-order valence-corrected chi connectivity index (χ1v) is 6.21. The Morgan fingerprint density at radius 2 is 2.11 bits per heavy atom. The molecule has 6 nitrogen and oxygen atoms in total. The Balaban J connectivity index is 2.10. The second kappa shape index (κ2) is 5.72. The molecule has 0 amide bonds. The van der Waals surface area contributed by atoms with Crippen molar-refractivity contribution in [2.75, 3.05) is 17.7 Å². The molecule has 0 fully saturated rings. The first-order valence-electron chi connectivity index (χ1n) is 5.41. The number of rotatable bonds is 4. The van der Waals surface area contributed by atoms with Gasteiger partial charge >= 0.3 is 0 Å². The van der Waals surface area contributed by atoms with E-state index in [1.165, 1.54) is 0 Å². The summed E-state index contributed by atoms with van der Waals surface area (Å²) in [6.07, 6.45) is 3.44. The highest BCUT2D eigenvalue weighted by Gasteiger charge is 2.04.